The predicted molar refractivity (Wildman–Crippen MR) is 80.2 cm³/mol. The second-order valence-electron chi connectivity index (χ2n) is 6.05. The smallest absolute Gasteiger partial charge is 0.246 e. The number of piperazine rings is 1. The lowest BCUT2D eigenvalue weighted by Crippen LogP contribution is -2.68. The van der Waals surface area contributed by atoms with Crippen LogP contribution in [0.2, 0.25) is 0 Å². The van der Waals surface area contributed by atoms with E-state index in [2.05, 4.69) is 25.4 Å². The van der Waals surface area contributed by atoms with Crippen LogP contribution in [-0.2, 0) is 9.59 Å². The molecule has 110 valence electrons. The summed E-state index contributed by atoms with van der Waals surface area (Å²) >= 11 is 1.77. The van der Waals surface area contributed by atoms with E-state index in [9.17, 15) is 9.59 Å². The Morgan fingerprint density at radius 1 is 1.37 bits per heavy atom. The molecule has 0 aliphatic carbocycles. The summed E-state index contributed by atoms with van der Waals surface area (Å²) in [6.45, 7) is 8.44. The second kappa shape index (κ2) is 6.64. The number of carbonyl (C=O) groups is 2. The Morgan fingerprint density at radius 3 is 2.53 bits per heavy atom. The molecule has 1 heterocycles. The van der Waals surface area contributed by atoms with Crippen molar-refractivity contribution in [1.29, 1.82) is 0 Å². The van der Waals surface area contributed by atoms with Gasteiger partial charge in [0.05, 0.1) is 0 Å². The van der Waals surface area contributed by atoms with Crippen molar-refractivity contribution in [2.45, 2.75) is 52.1 Å². The first-order valence-corrected chi connectivity index (χ1v) is 8.31. The fourth-order valence-corrected chi connectivity index (χ4v) is 2.79. The monoisotopic (exact) mass is 286 g/mol. The van der Waals surface area contributed by atoms with Gasteiger partial charge in [0.1, 0.15) is 11.6 Å². The molecule has 0 aromatic carbocycles. The molecule has 19 heavy (non-hydrogen) atoms. The molecule has 0 saturated carbocycles. The van der Waals surface area contributed by atoms with E-state index in [1.54, 1.807) is 16.7 Å². The third-order valence-electron chi connectivity index (χ3n) is 3.54. The zero-order valence-corrected chi connectivity index (χ0v) is 13.5. The highest BCUT2D eigenvalue weighted by Gasteiger charge is 2.45. The molecule has 0 radical (unpaired) electrons. The Labute approximate surface area is 120 Å². The lowest BCUT2D eigenvalue weighted by atomic mass is 9.92. The quantitative estimate of drug-likeness (QED) is 0.759. The van der Waals surface area contributed by atoms with Gasteiger partial charge in [-0.1, -0.05) is 13.8 Å². The molecule has 1 aliphatic rings. The van der Waals surface area contributed by atoms with Crippen molar-refractivity contribution in [3.63, 3.8) is 0 Å². The minimum Gasteiger partial charge on any atom is -0.342 e. The molecule has 0 bridgehead atoms. The molecule has 1 unspecified atom stereocenters. The summed E-state index contributed by atoms with van der Waals surface area (Å²) in [5, 5.41) is 2.87. The molecule has 0 aromatic heterocycles. The maximum atomic E-state index is 12.5. The van der Waals surface area contributed by atoms with Crippen LogP contribution in [0.1, 0.15) is 40.5 Å². The lowest BCUT2D eigenvalue weighted by molar-refractivity contribution is -0.155. The molecule has 1 fully saturated rings. The Kier molecular flexibility index (Phi) is 5.71. The summed E-state index contributed by atoms with van der Waals surface area (Å²) in [6.07, 6.45) is 3.69. The molecule has 1 saturated heterocycles. The normalized spacial score (nSPS) is 22.8. The van der Waals surface area contributed by atoms with Gasteiger partial charge in [-0.3, -0.25) is 9.59 Å². The Balaban J connectivity index is 2.81. The number of carbonyl (C=O) groups excluding carboxylic acids is 2. The first kappa shape index (κ1) is 16.3. The van der Waals surface area contributed by atoms with Crippen LogP contribution in [-0.4, -0.2) is 46.8 Å². The largest absolute Gasteiger partial charge is 0.342 e. The van der Waals surface area contributed by atoms with Crippen molar-refractivity contribution < 1.29 is 9.59 Å². The zero-order chi connectivity index (χ0) is 14.6. The fourth-order valence-electron chi connectivity index (χ4n) is 2.37. The van der Waals surface area contributed by atoms with Gasteiger partial charge in [-0.2, -0.15) is 11.8 Å². The van der Waals surface area contributed by atoms with Crippen molar-refractivity contribution >= 4 is 23.6 Å². The molecule has 0 spiro atoms. The van der Waals surface area contributed by atoms with Crippen molar-refractivity contribution in [2.24, 2.45) is 5.92 Å². The Morgan fingerprint density at radius 2 is 2.00 bits per heavy atom. The van der Waals surface area contributed by atoms with Crippen LogP contribution in [0, 0.1) is 5.92 Å². The number of hydrogen-bond donors (Lipinski definition) is 1. The summed E-state index contributed by atoms with van der Waals surface area (Å²) in [5.74, 6) is 1.43. The molecule has 0 aromatic rings. The molecule has 1 N–H and O–H groups in total. The molecule has 4 nitrogen and oxygen atoms in total. The van der Waals surface area contributed by atoms with Gasteiger partial charge in [0.15, 0.2) is 0 Å². The van der Waals surface area contributed by atoms with Gasteiger partial charge in [-0.15, -0.1) is 0 Å². The van der Waals surface area contributed by atoms with Gasteiger partial charge >= 0.3 is 0 Å². The molecule has 1 atom stereocenters. The SMILES string of the molecule is CSCCCN1C(=O)C(CC(C)C)NC(=O)C1(C)C. The molecular formula is C14H26N2O2S. The van der Waals surface area contributed by atoms with Crippen LogP contribution in [0.5, 0.6) is 0 Å². The van der Waals surface area contributed by atoms with Crippen molar-refractivity contribution in [1.82, 2.24) is 10.2 Å². The predicted octanol–water partition coefficient (Wildman–Crippen LogP) is 1.89. The zero-order valence-electron chi connectivity index (χ0n) is 12.7. The van der Waals surface area contributed by atoms with Gasteiger partial charge in [-0.05, 0) is 44.6 Å². The van der Waals surface area contributed by atoms with Crippen LogP contribution in [0.3, 0.4) is 0 Å². The topological polar surface area (TPSA) is 49.4 Å². The highest BCUT2D eigenvalue weighted by molar-refractivity contribution is 7.98. The van der Waals surface area contributed by atoms with Crippen LogP contribution >= 0.6 is 11.8 Å². The average molecular weight is 286 g/mol. The average Bonchev–Trinajstić information content (AvgIpc) is 2.30. The van der Waals surface area contributed by atoms with E-state index in [1.807, 2.05) is 13.8 Å². The van der Waals surface area contributed by atoms with E-state index in [-0.39, 0.29) is 17.9 Å². The second-order valence-corrected chi connectivity index (χ2v) is 7.04. The summed E-state index contributed by atoms with van der Waals surface area (Å²) in [4.78, 5) is 26.5. The van der Waals surface area contributed by atoms with E-state index in [4.69, 9.17) is 0 Å². The maximum absolute atomic E-state index is 12.5. The van der Waals surface area contributed by atoms with Gasteiger partial charge < -0.3 is 10.2 Å². The van der Waals surface area contributed by atoms with E-state index >= 15 is 0 Å². The van der Waals surface area contributed by atoms with Crippen LogP contribution in [0.25, 0.3) is 0 Å². The highest BCUT2D eigenvalue weighted by atomic mass is 32.2. The van der Waals surface area contributed by atoms with Crippen molar-refractivity contribution in [3.8, 4) is 0 Å². The minimum atomic E-state index is -0.733. The van der Waals surface area contributed by atoms with Crippen molar-refractivity contribution in [2.75, 3.05) is 18.6 Å². The van der Waals surface area contributed by atoms with Gasteiger partial charge in [0, 0.05) is 6.54 Å². The van der Waals surface area contributed by atoms with E-state index in [1.165, 1.54) is 0 Å². The van der Waals surface area contributed by atoms with Gasteiger partial charge in [0.2, 0.25) is 11.8 Å². The number of nitrogens with one attached hydrogen (secondary N) is 1. The Hall–Kier alpha value is -0.710. The number of nitrogens with zero attached hydrogens (tertiary/aromatic N) is 1. The standard InChI is InChI=1S/C14H26N2O2S/c1-10(2)9-11-12(17)16(7-6-8-19-5)14(3,4)13(18)15-11/h10-11H,6-9H2,1-5H3,(H,15,18). The maximum Gasteiger partial charge on any atom is 0.246 e. The van der Waals surface area contributed by atoms with Gasteiger partial charge in [-0.25, -0.2) is 0 Å². The molecule has 5 heteroatoms. The summed E-state index contributed by atoms with van der Waals surface area (Å²) in [5.41, 5.74) is -0.733. The number of thioether (sulfide) groups is 1. The molecule has 1 rings (SSSR count). The van der Waals surface area contributed by atoms with Crippen molar-refractivity contribution in [3.05, 3.63) is 0 Å². The number of amides is 2. The van der Waals surface area contributed by atoms with Crippen LogP contribution in [0.15, 0.2) is 0 Å². The fraction of sp³-hybridized carbons (Fsp3) is 0.857. The van der Waals surface area contributed by atoms with Crippen LogP contribution < -0.4 is 5.32 Å². The summed E-state index contributed by atoms with van der Waals surface area (Å²) in [7, 11) is 0. The minimum absolute atomic E-state index is 0.0399. The molecule has 1 aliphatic heterocycles. The van der Waals surface area contributed by atoms with E-state index in [0.717, 1.165) is 12.2 Å². The lowest BCUT2D eigenvalue weighted by Gasteiger charge is -2.44. The Bertz CT molecular complexity index is 342. The third kappa shape index (κ3) is 3.88. The third-order valence-corrected chi connectivity index (χ3v) is 4.23. The van der Waals surface area contributed by atoms with Gasteiger partial charge in [0.25, 0.3) is 0 Å². The molecule has 2 amide bonds. The first-order valence-electron chi connectivity index (χ1n) is 6.92. The molecular weight excluding hydrogens is 260 g/mol. The van der Waals surface area contributed by atoms with E-state index < -0.39 is 5.54 Å². The highest BCUT2D eigenvalue weighted by Crippen LogP contribution is 2.24. The number of hydrogen-bond acceptors (Lipinski definition) is 3. The van der Waals surface area contributed by atoms with E-state index in [0.29, 0.717) is 18.9 Å². The summed E-state index contributed by atoms with van der Waals surface area (Å²) in [6, 6.07) is -0.352. The number of rotatable bonds is 6. The first-order chi connectivity index (χ1) is 8.80. The van der Waals surface area contributed by atoms with Crippen LogP contribution in [0.4, 0.5) is 0 Å². The summed E-state index contributed by atoms with van der Waals surface area (Å²) < 4.78 is 0.